The standard InChI is InChI=1S/C18H18ClNO4/c1-12(21)14-7-8-16(20-13(2)22)18(11-14)24-10-9-23-17-6-4-3-5-15(17)19/h3-8,11H,9-10H2,1-2H3,(H,20,22). The number of halogens is 1. The molecule has 0 atom stereocenters. The summed E-state index contributed by atoms with van der Waals surface area (Å²) in [5.41, 5.74) is 1.01. The van der Waals surface area contributed by atoms with Crippen LogP contribution in [0.1, 0.15) is 24.2 Å². The lowest BCUT2D eigenvalue weighted by Gasteiger charge is -2.13. The lowest BCUT2D eigenvalue weighted by atomic mass is 10.1. The predicted molar refractivity (Wildman–Crippen MR) is 93.2 cm³/mol. The molecule has 0 radical (unpaired) electrons. The first-order valence-electron chi connectivity index (χ1n) is 7.40. The van der Waals surface area contributed by atoms with Gasteiger partial charge in [0, 0.05) is 12.5 Å². The van der Waals surface area contributed by atoms with Gasteiger partial charge in [-0.1, -0.05) is 23.7 Å². The van der Waals surface area contributed by atoms with Crippen LogP contribution >= 0.6 is 11.6 Å². The van der Waals surface area contributed by atoms with Gasteiger partial charge in [0.1, 0.15) is 24.7 Å². The normalized spacial score (nSPS) is 10.1. The Kier molecular flexibility index (Phi) is 6.21. The number of ether oxygens (including phenoxy) is 2. The second kappa shape index (κ2) is 8.36. The van der Waals surface area contributed by atoms with Gasteiger partial charge in [0.15, 0.2) is 5.78 Å². The van der Waals surface area contributed by atoms with E-state index in [9.17, 15) is 9.59 Å². The molecule has 0 saturated carbocycles. The fraction of sp³-hybridized carbons (Fsp3) is 0.222. The smallest absolute Gasteiger partial charge is 0.221 e. The van der Waals surface area contributed by atoms with E-state index in [1.54, 1.807) is 30.3 Å². The molecule has 0 aliphatic carbocycles. The van der Waals surface area contributed by atoms with Crippen LogP contribution in [0.15, 0.2) is 42.5 Å². The van der Waals surface area contributed by atoms with Crippen LogP contribution in [0.5, 0.6) is 11.5 Å². The fourth-order valence-electron chi connectivity index (χ4n) is 2.02. The van der Waals surface area contributed by atoms with Crippen molar-refractivity contribution in [1.82, 2.24) is 0 Å². The Morgan fingerprint density at radius 2 is 1.67 bits per heavy atom. The highest BCUT2D eigenvalue weighted by Crippen LogP contribution is 2.27. The van der Waals surface area contributed by atoms with Crippen molar-refractivity contribution in [3.05, 3.63) is 53.1 Å². The van der Waals surface area contributed by atoms with E-state index in [1.807, 2.05) is 12.1 Å². The van der Waals surface area contributed by atoms with Gasteiger partial charge in [0.25, 0.3) is 0 Å². The molecule has 126 valence electrons. The Hall–Kier alpha value is -2.53. The number of ketones is 1. The number of para-hydroxylation sites is 1. The van der Waals surface area contributed by atoms with Crippen LogP contribution in [0.2, 0.25) is 5.02 Å². The van der Waals surface area contributed by atoms with Gasteiger partial charge in [-0.3, -0.25) is 9.59 Å². The van der Waals surface area contributed by atoms with E-state index < -0.39 is 0 Å². The van der Waals surface area contributed by atoms with Crippen LogP contribution in [-0.4, -0.2) is 24.9 Å². The summed E-state index contributed by atoms with van der Waals surface area (Å²) in [6.45, 7) is 3.38. The summed E-state index contributed by atoms with van der Waals surface area (Å²) in [4.78, 5) is 22.8. The number of anilines is 1. The Bertz CT molecular complexity index is 746. The summed E-state index contributed by atoms with van der Waals surface area (Å²) in [7, 11) is 0. The first-order valence-corrected chi connectivity index (χ1v) is 7.78. The summed E-state index contributed by atoms with van der Waals surface area (Å²) in [5, 5.41) is 3.19. The van der Waals surface area contributed by atoms with Crippen molar-refractivity contribution >= 4 is 29.0 Å². The third-order valence-corrected chi connectivity index (χ3v) is 3.45. The number of carbonyl (C=O) groups excluding carboxylic acids is 2. The monoisotopic (exact) mass is 347 g/mol. The van der Waals surface area contributed by atoms with Crippen LogP contribution in [-0.2, 0) is 4.79 Å². The highest BCUT2D eigenvalue weighted by atomic mass is 35.5. The molecule has 0 fully saturated rings. The van der Waals surface area contributed by atoms with Gasteiger partial charge in [-0.2, -0.15) is 0 Å². The Morgan fingerprint density at radius 1 is 1.00 bits per heavy atom. The maximum absolute atomic E-state index is 11.5. The largest absolute Gasteiger partial charge is 0.488 e. The summed E-state index contributed by atoms with van der Waals surface area (Å²) >= 11 is 6.01. The van der Waals surface area contributed by atoms with E-state index in [4.69, 9.17) is 21.1 Å². The number of benzene rings is 2. The van der Waals surface area contributed by atoms with Gasteiger partial charge in [-0.05, 0) is 37.3 Å². The summed E-state index contributed by atoms with van der Waals surface area (Å²) in [6.07, 6.45) is 0. The first-order chi connectivity index (χ1) is 11.5. The highest BCUT2D eigenvalue weighted by molar-refractivity contribution is 6.32. The van der Waals surface area contributed by atoms with E-state index in [1.165, 1.54) is 13.8 Å². The first kappa shape index (κ1) is 17.8. The Morgan fingerprint density at radius 3 is 2.29 bits per heavy atom. The zero-order chi connectivity index (χ0) is 17.5. The lowest BCUT2D eigenvalue weighted by Crippen LogP contribution is -2.12. The number of rotatable bonds is 7. The van der Waals surface area contributed by atoms with Crippen LogP contribution in [0.4, 0.5) is 5.69 Å². The number of carbonyl (C=O) groups is 2. The molecule has 0 aliphatic heterocycles. The summed E-state index contributed by atoms with van der Waals surface area (Å²) in [6, 6.07) is 12.0. The van der Waals surface area contributed by atoms with E-state index >= 15 is 0 Å². The number of hydrogen-bond acceptors (Lipinski definition) is 4. The quantitative estimate of drug-likeness (QED) is 0.608. The molecule has 2 rings (SSSR count). The van der Waals surface area contributed by atoms with Crippen molar-refractivity contribution in [2.75, 3.05) is 18.5 Å². The molecule has 2 aromatic carbocycles. The van der Waals surface area contributed by atoms with Crippen molar-refractivity contribution in [3.63, 3.8) is 0 Å². The van der Waals surface area contributed by atoms with Crippen LogP contribution in [0.3, 0.4) is 0 Å². The maximum Gasteiger partial charge on any atom is 0.221 e. The molecule has 24 heavy (non-hydrogen) atoms. The number of nitrogens with one attached hydrogen (secondary N) is 1. The van der Waals surface area contributed by atoms with Crippen LogP contribution in [0.25, 0.3) is 0 Å². The van der Waals surface area contributed by atoms with Crippen LogP contribution in [0, 0.1) is 0 Å². The molecule has 6 heteroatoms. The molecule has 0 heterocycles. The Balaban J connectivity index is 2.01. The summed E-state index contributed by atoms with van der Waals surface area (Å²) in [5.74, 6) is 0.687. The number of hydrogen-bond donors (Lipinski definition) is 1. The minimum Gasteiger partial charge on any atom is -0.488 e. The topological polar surface area (TPSA) is 64.6 Å². The molecule has 0 saturated heterocycles. The third-order valence-electron chi connectivity index (χ3n) is 3.13. The SMILES string of the molecule is CC(=O)Nc1ccc(C(C)=O)cc1OCCOc1ccccc1Cl. The minimum absolute atomic E-state index is 0.0819. The van der Waals surface area contributed by atoms with Gasteiger partial charge < -0.3 is 14.8 Å². The molecule has 0 unspecified atom stereocenters. The second-order valence-corrected chi connectivity index (χ2v) is 5.48. The molecular weight excluding hydrogens is 330 g/mol. The third kappa shape index (κ3) is 4.99. The zero-order valence-electron chi connectivity index (χ0n) is 13.5. The molecular formula is C18H18ClNO4. The summed E-state index contributed by atoms with van der Waals surface area (Å²) < 4.78 is 11.2. The molecule has 5 nitrogen and oxygen atoms in total. The second-order valence-electron chi connectivity index (χ2n) is 5.08. The molecule has 0 aromatic heterocycles. The highest BCUT2D eigenvalue weighted by Gasteiger charge is 2.09. The van der Waals surface area contributed by atoms with Gasteiger partial charge in [0.05, 0.1) is 10.7 Å². The van der Waals surface area contributed by atoms with Crippen LogP contribution < -0.4 is 14.8 Å². The number of amides is 1. The van der Waals surface area contributed by atoms with Gasteiger partial charge in [-0.15, -0.1) is 0 Å². The molecule has 1 amide bonds. The van der Waals surface area contributed by atoms with Crippen molar-refractivity contribution in [2.24, 2.45) is 0 Å². The number of Topliss-reactive ketones (excluding diaryl/α,β-unsaturated/α-hetero) is 1. The minimum atomic E-state index is -0.220. The molecule has 0 bridgehead atoms. The molecule has 2 aromatic rings. The van der Waals surface area contributed by atoms with Gasteiger partial charge in [0.2, 0.25) is 5.91 Å². The average molecular weight is 348 g/mol. The zero-order valence-corrected chi connectivity index (χ0v) is 14.2. The van der Waals surface area contributed by atoms with Crippen molar-refractivity contribution in [2.45, 2.75) is 13.8 Å². The van der Waals surface area contributed by atoms with Gasteiger partial charge >= 0.3 is 0 Å². The van der Waals surface area contributed by atoms with E-state index in [2.05, 4.69) is 5.32 Å². The van der Waals surface area contributed by atoms with E-state index in [-0.39, 0.29) is 24.9 Å². The van der Waals surface area contributed by atoms with Crippen molar-refractivity contribution < 1.29 is 19.1 Å². The van der Waals surface area contributed by atoms with Gasteiger partial charge in [-0.25, -0.2) is 0 Å². The molecule has 0 aliphatic rings. The van der Waals surface area contributed by atoms with Crippen molar-refractivity contribution in [3.8, 4) is 11.5 Å². The molecule has 1 N–H and O–H groups in total. The fourth-order valence-corrected chi connectivity index (χ4v) is 2.21. The molecule has 0 spiro atoms. The maximum atomic E-state index is 11.5. The van der Waals surface area contributed by atoms with Crippen molar-refractivity contribution in [1.29, 1.82) is 0 Å². The lowest BCUT2D eigenvalue weighted by molar-refractivity contribution is -0.114. The predicted octanol–water partition coefficient (Wildman–Crippen LogP) is 3.96. The average Bonchev–Trinajstić information content (AvgIpc) is 2.53. The Labute approximate surface area is 145 Å². The van der Waals surface area contributed by atoms with E-state index in [0.717, 1.165) is 0 Å². The van der Waals surface area contributed by atoms with E-state index in [0.29, 0.717) is 27.8 Å².